The van der Waals surface area contributed by atoms with Crippen molar-refractivity contribution in [3.8, 4) is 6.07 Å². The molecule has 0 radical (unpaired) electrons. The first-order valence-electron chi connectivity index (χ1n) is 8.48. The number of nitrogens with zero attached hydrogens (tertiary/aromatic N) is 1. The molecule has 0 aromatic heterocycles. The number of amides is 1. The molecule has 2 N–H and O–H groups in total. The third kappa shape index (κ3) is 4.43. The molecule has 2 atom stereocenters. The van der Waals surface area contributed by atoms with Crippen molar-refractivity contribution in [2.24, 2.45) is 0 Å². The van der Waals surface area contributed by atoms with E-state index in [1.807, 2.05) is 6.92 Å². The van der Waals surface area contributed by atoms with Gasteiger partial charge in [0.25, 0.3) is 5.91 Å². The molecule has 0 saturated heterocycles. The smallest absolute Gasteiger partial charge is 0.282 e. The lowest BCUT2D eigenvalue weighted by atomic mass is 10.1. The van der Waals surface area contributed by atoms with Gasteiger partial charge in [0.1, 0.15) is 12.4 Å². The first-order valence-corrected chi connectivity index (χ1v) is 8.48. The van der Waals surface area contributed by atoms with Crippen LogP contribution >= 0.6 is 0 Å². The number of rotatable bonds is 6. The van der Waals surface area contributed by atoms with Crippen LogP contribution in [0.15, 0.2) is 48.5 Å². The van der Waals surface area contributed by atoms with Crippen molar-refractivity contribution >= 4 is 11.6 Å². The van der Waals surface area contributed by atoms with Gasteiger partial charge in [-0.15, -0.1) is 0 Å². The van der Waals surface area contributed by atoms with Gasteiger partial charge in [-0.25, -0.2) is 4.39 Å². The van der Waals surface area contributed by atoms with Crippen LogP contribution in [-0.4, -0.2) is 18.0 Å². The highest BCUT2D eigenvalue weighted by Crippen LogP contribution is 2.17. The number of hydrogen-bond donors (Lipinski definition) is 2. The number of nitriles is 1. The summed E-state index contributed by atoms with van der Waals surface area (Å²) in [6.45, 7) is 2.61. The molecule has 1 saturated carbocycles. The number of carbonyl (C=O) groups excluding carboxylic acids is 1. The fraction of sp³-hybridized carbons (Fsp3) is 0.300. The molecule has 128 valence electrons. The van der Waals surface area contributed by atoms with E-state index < -0.39 is 0 Å². The molecule has 0 heterocycles. The molecular formula is C20H21FN3O+. The maximum absolute atomic E-state index is 13.1. The molecule has 2 aromatic carbocycles. The Morgan fingerprint density at radius 1 is 1.32 bits per heavy atom. The molecule has 0 aliphatic heterocycles. The molecule has 5 heteroatoms. The summed E-state index contributed by atoms with van der Waals surface area (Å²) in [7, 11) is 0. The largest absolute Gasteiger partial charge is 0.321 e. The molecule has 1 fully saturated rings. The summed E-state index contributed by atoms with van der Waals surface area (Å²) < 4.78 is 13.1. The Morgan fingerprint density at radius 3 is 2.68 bits per heavy atom. The topological polar surface area (TPSA) is 57.3 Å². The number of quaternary nitrogens is 1. The summed E-state index contributed by atoms with van der Waals surface area (Å²) in [4.78, 5) is 13.9. The first kappa shape index (κ1) is 17.1. The molecule has 1 aliphatic rings. The second-order valence-electron chi connectivity index (χ2n) is 6.56. The van der Waals surface area contributed by atoms with Gasteiger partial charge in [0.05, 0.1) is 17.7 Å². The summed E-state index contributed by atoms with van der Waals surface area (Å²) in [6.07, 6.45) is 2.22. The highest BCUT2D eigenvalue weighted by atomic mass is 19.1. The number of nitrogens with one attached hydrogen (secondary N) is 2. The Hall–Kier alpha value is -2.71. The second kappa shape index (κ2) is 7.45. The van der Waals surface area contributed by atoms with Crippen molar-refractivity contribution in [3.63, 3.8) is 0 Å². The third-order valence-electron chi connectivity index (χ3n) is 4.63. The molecule has 25 heavy (non-hydrogen) atoms. The quantitative estimate of drug-likeness (QED) is 0.849. The Labute approximate surface area is 146 Å². The molecule has 1 aliphatic carbocycles. The van der Waals surface area contributed by atoms with E-state index in [0.717, 1.165) is 18.4 Å². The zero-order valence-electron chi connectivity index (χ0n) is 14.1. The number of carbonyl (C=O) groups is 1. The van der Waals surface area contributed by atoms with E-state index in [2.05, 4.69) is 11.4 Å². The van der Waals surface area contributed by atoms with E-state index in [4.69, 9.17) is 5.26 Å². The van der Waals surface area contributed by atoms with E-state index in [1.165, 1.54) is 17.0 Å². The number of hydrogen-bond acceptors (Lipinski definition) is 2. The van der Waals surface area contributed by atoms with Crippen LogP contribution in [0.1, 0.15) is 30.9 Å². The molecule has 1 amide bonds. The number of benzene rings is 2. The van der Waals surface area contributed by atoms with Crippen LogP contribution in [0.3, 0.4) is 0 Å². The van der Waals surface area contributed by atoms with Gasteiger partial charge in [0, 0.05) is 24.1 Å². The number of anilines is 1. The van der Waals surface area contributed by atoms with E-state index in [9.17, 15) is 9.18 Å². The Bertz CT molecular complexity index is 793. The van der Waals surface area contributed by atoms with Gasteiger partial charge in [0.2, 0.25) is 0 Å². The minimum Gasteiger partial charge on any atom is -0.321 e. The lowest BCUT2D eigenvalue weighted by Gasteiger charge is -2.25. The molecule has 2 aromatic rings. The normalized spacial score (nSPS) is 15.9. The zero-order chi connectivity index (χ0) is 17.8. The maximum Gasteiger partial charge on any atom is 0.282 e. The van der Waals surface area contributed by atoms with Crippen LogP contribution in [-0.2, 0) is 11.3 Å². The van der Waals surface area contributed by atoms with Crippen LogP contribution in [0, 0.1) is 17.1 Å². The Morgan fingerprint density at radius 2 is 2.04 bits per heavy atom. The molecular weight excluding hydrogens is 317 g/mol. The molecule has 1 unspecified atom stereocenters. The first-order chi connectivity index (χ1) is 12.1. The zero-order valence-corrected chi connectivity index (χ0v) is 14.1. The van der Waals surface area contributed by atoms with Gasteiger partial charge in [-0.2, -0.15) is 5.26 Å². The van der Waals surface area contributed by atoms with Gasteiger partial charge in [-0.1, -0.05) is 18.2 Å². The third-order valence-corrected chi connectivity index (χ3v) is 4.63. The molecule has 0 spiro atoms. The second-order valence-corrected chi connectivity index (χ2v) is 6.56. The number of halogens is 1. The summed E-state index contributed by atoms with van der Waals surface area (Å²) in [6, 6.07) is 15.7. The predicted molar refractivity (Wildman–Crippen MR) is 93.3 cm³/mol. The lowest BCUT2D eigenvalue weighted by Crippen LogP contribution is -3.16. The fourth-order valence-electron chi connectivity index (χ4n) is 3.03. The minimum absolute atomic E-state index is 0.0703. The van der Waals surface area contributed by atoms with Crippen molar-refractivity contribution in [3.05, 3.63) is 65.5 Å². The summed E-state index contributed by atoms with van der Waals surface area (Å²) in [5, 5.41) is 11.9. The van der Waals surface area contributed by atoms with Crippen molar-refractivity contribution in [2.75, 3.05) is 5.32 Å². The minimum atomic E-state index is -0.250. The van der Waals surface area contributed by atoms with Crippen LogP contribution < -0.4 is 10.2 Å². The summed E-state index contributed by atoms with van der Waals surface area (Å²) in [5.74, 6) is -0.320. The van der Waals surface area contributed by atoms with E-state index in [-0.39, 0.29) is 17.8 Å². The summed E-state index contributed by atoms with van der Waals surface area (Å²) in [5.41, 5.74) is 2.17. The highest BCUT2D eigenvalue weighted by Gasteiger charge is 2.39. The van der Waals surface area contributed by atoms with Crippen molar-refractivity contribution in [1.29, 1.82) is 5.26 Å². The Kier molecular flexibility index (Phi) is 5.11. The van der Waals surface area contributed by atoms with E-state index in [0.29, 0.717) is 23.8 Å². The van der Waals surface area contributed by atoms with Gasteiger partial charge >= 0.3 is 0 Å². The van der Waals surface area contributed by atoms with Gasteiger partial charge in [-0.05, 0) is 37.3 Å². The monoisotopic (exact) mass is 338 g/mol. The Balaban J connectivity index is 1.69. The SMILES string of the molecule is C[C@@H](C(=O)Nc1cccc(C#N)c1)[NH+](Cc1ccc(F)cc1)C1CC1. The predicted octanol–water partition coefficient (Wildman–Crippen LogP) is 2.27. The van der Waals surface area contributed by atoms with Crippen LogP contribution in [0.2, 0.25) is 0 Å². The maximum atomic E-state index is 13.1. The standard InChI is InChI=1S/C20H20FN3O/c1-14(20(25)23-18-4-2-3-16(11-18)12-22)24(19-9-10-19)13-15-5-7-17(21)8-6-15/h2-8,11,14,19H,9-10,13H2,1H3,(H,23,25)/p+1/t14-/m0/s1. The average Bonchev–Trinajstić information content (AvgIpc) is 3.45. The van der Waals surface area contributed by atoms with Gasteiger partial charge in [0.15, 0.2) is 6.04 Å². The molecule has 3 rings (SSSR count). The molecule has 4 nitrogen and oxygen atoms in total. The van der Waals surface area contributed by atoms with Gasteiger partial charge in [-0.3, -0.25) is 4.79 Å². The van der Waals surface area contributed by atoms with Crippen molar-refractivity contribution in [1.82, 2.24) is 0 Å². The summed E-state index contributed by atoms with van der Waals surface area (Å²) >= 11 is 0. The highest BCUT2D eigenvalue weighted by molar-refractivity contribution is 5.93. The fourth-order valence-corrected chi connectivity index (χ4v) is 3.03. The van der Waals surface area contributed by atoms with Crippen molar-refractivity contribution in [2.45, 2.75) is 38.4 Å². The van der Waals surface area contributed by atoms with Crippen LogP contribution in [0.4, 0.5) is 10.1 Å². The van der Waals surface area contributed by atoms with Crippen molar-refractivity contribution < 1.29 is 14.1 Å². The lowest BCUT2D eigenvalue weighted by molar-refractivity contribution is -0.938. The van der Waals surface area contributed by atoms with Crippen LogP contribution in [0.25, 0.3) is 0 Å². The van der Waals surface area contributed by atoms with E-state index >= 15 is 0 Å². The average molecular weight is 338 g/mol. The van der Waals surface area contributed by atoms with E-state index in [1.54, 1.807) is 36.4 Å². The van der Waals surface area contributed by atoms with Crippen LogP contribution in [0.5, 0.6) is 0 Å². The van der Waals surface area contributed by atoms with Gasteiger partial charge < -0.3 is 10.2 Å². The molecule has 0 bridgehead atoms.